The lowest BCUT2D eigenvalue weighted by atomic mass is 9.43. The van der Waals surface area contributed by atoms with Gasteiger partial charge in [-0.3, -0.25) is 0 Å². The number of allylic oxidation sites excluding steroid dienone is 1. The molecule has 2 spiro atoms. The lowest BCUT2D eigenvalue weighted by molar-refractivity contribution is -0.133. The van der Waals surface area contributed by atoms with E-state index in [0.29, 0.717) is 27.6 Å². The van der Waals surface area contributed by atoms with E-state index >= 15 is 0 Å². The summed E-state index contributed by atoms with van der Waals surface area (Å²) in [7, 11) is 0. The largest absolute Gasteiger partial charge is 0.393 e. The number of hydrogen-bond acceptors (Lipinski definition) is 1. The summed E-state index contributed by atoms with van der Waals surface area (Å²) in [6.07, 6.45) is 16.5. The second-order valence-electron chi connectivity index (χ2n) is 13.5. The van der Waals surface area contributed by atoms with Crippen molar-refractivity contribution in [3.05, 3.63) is 12.2 Å². The van der Waals surface area contributed by atoms with Gasteiger partial charge in [-0.05, 0) is 135 Å². The number of aliphatic hydroxyl groups excluding tert-OH is 1. The van der Waals surface area contributed by atoms with Crippen molar-refractivity contribution < 1.29 is 5.11 Å². The summed E-state index contributed by atoms with van der Waals surface area (Å²) in [5, 5.41) is 10.3. The quantitative estimate of drug-likeness (QED) is 0.457. The van der Waals surface area contributed by atoms with Gasteiger partial charge in [0.15, 0.2) is 0 Å². The Morgan fingerprint density at radius 3 is 2.43 bits per heavy atom. The van der Waals surface area contributed by atoms with E-state index in [1.807, 2.05) is 0 Å². The highest BCUT2D eigenvalue weighted by Crippen LogP contribution is 2.87. The van der Waals surface area contributed by atoms with Crippen molar-refractivity contribution in [2.45, 2.75) is 118 Å². The molecule has 10 atom stereocenters. The highest BCUT2D eigenvalue weighted by molar-refractivity contribution is 5.29. The molecule has 0 bridgehead atoms. The van der Waals surface area contributed by atoms with Crippen LogP contribution in [-0.4, -0.2) is 11.2 Å². The van der Waals surface area contributed by atoms with Crippen molar-refractivity contribution in [2.24, 2.45) is 51.2 Å². The van der Waals surface area contributed by atoms with Gasteiger partial charge in [-0.25, -0.2) is 0 Å². The molecular weight excluding hydrogens is 364 g/mol. The maximum atomic E-state index is 10.3. The average Bonchev–Trinajstić information content (AvgIpc) is 3.28. The van der Waals surface area contributed by atoms with Crippen molar-refractivity contribution in [3.63, 3.8) is 0 Å². The lowest BCUT2D eigenvalue weighted by Crippen LogP contribution is -2.55. The molecule has 0 unspecified atom stereocenters. The van der Waals surface area contributed by atoms with Crippen molar-refractivity contribution >= 4 is 0 Å². The van der Waals surface area contributed by atoms with Gasteiger partial charge in [0.05, 0.1) is 6.10 Å². The van der Waals surface area contributed by atoms with E-state index in [-0.39, 0.29) is 6.10 Å². The number of aliphatic hydroxyl groups is 1. The summed E-state index contributed by atoms with van der Waals surface area (Å²) in [6.45, 7) is 16.8. The van der Waals surface area contributed by atoms with Crippen LogP contribution in [0.2, 0.25) is 0 Å². The predicted molar refractivity (Wildman–Crippen MR) is 126 cm³/mol. The molecule has 0 saturated heterocycles. The number of hydrogen-bond donors (Lipinski definition) is 1. The van der Waals surface area contributed by atoms with Crippen LogP contribution >= 0.6 is 0 Å². The molecule has 5 fully saturated rings. The minimum Gasteiger partial charge on any atom is -0.393 e. The van der Waals surface area contributed by atoms with Crippen LogP contribution in [0.15, 0.2) is 12.2 Å². The molecule has 0 aromatic heterocycles. The SMILES string of the molecule is C=C(C)[C@@H](C)CC[C@@H](C)[C@H]1CC[C@@]2(C)[C@@H]3CC[C@H]4C[C@@H](O)CC[C@@]45C[C@@]35CC[C@]12C. The Morgan fingerprint density at radius 2 is 1.70 bits per heavy atom. The molecule has 5 saturated carbocycles. The Bertz CT molecular complexity index is 711. The molecule has 0 aromatic carbocycles. The Hall–Kier alpha value is -0.300. The monoisotopic (exact) mass is 412 g/mol. The van der Waals surface area contributed by atoms with Crippen LogP contribution in [0.3, 0.4) is 0 Å². The molecule has 5 aliphatic rings. The van der Waals surface area contributed by atoms with E-state index in [1.54, 1.807) is 0 Å². The maximum absolute atomic E-state index is 10.3. The zero-order chi connectivity index (χ0) is 21.5. The Kier molecular flexibility index (Phi) is 4.92. The van der Waals surface area contributed by atoms with Crippen LogP contribution < -0.4 is 0 Å². The molecule has 0 radical (unpaired) electrons. The maximum Gasteiger partial charge on any atom is 0.0543 e. The normalized spacial score (nSPS) is 53.7. The molecule has 1 N–H and O–H groups in total. The molecule has 1 heteroatoms. The van der Waals surface area contributed by atoms with Gasteiger partial charge >= 0.3 is 0 Å². The van der Waals surface area contributed by atoms with Crippen molar-refractivity contribution in [2.75, 3.05) is 0 Å². The van der Waals surface area contributed by atoms with Gasteiger partial charge in [-0.15, -0.1) is 0 Å². The molecule has 170 valence electrons. The fraction of sp³-hybridized carbons (Fsp3) is 0.931. The Labute approximate surface area is 186 Å². The number of fused-ring (bicyclic) bond motifs is 2. The minimum absolute atomic E-state index is 0.00225. The third-order valence-electron chi connectivity index (χ3n) is 12.8. The summed E-state index contributed by atoms with van der Waals surface area (Å²) >= 11 is 0. The van der Waals surface area contributed by atoms with E-state index in [2.05, 4.69) is 41.2 Å². The molecule has 0 aromatic rings. The summed E-state index contributed by atoms with van der Waals surface area (Å²) in [5.41, 5.74) is 3.75. The van der Waals surface area contributed by atoms with E-state index in [9.17, 15) is 5.11 Å². The van der Waals surface area contributed by atoms with Crippen molar-refractivity contribution in [1.29, 1.82) is 0 Å². The molecule has 5 aliphatic carbocycles. The molecule has 5 rings (SSSR count). The predicted octanol–water partition coefficient (Wildman–Crippen LogP) is 7.78. The summed E-state index contributed by atoms with van der Waals surface area (Å²) in [6, 6.07) is 0. The highest BCUT2D eigenvalue weighted by Gasteiger charge is 2.80. The van der Waals surface area contributed by atoms with Crippen LogP contribution in [0, 0.1) is 51.2 Å². The van der Waals surface area contributed by atoms with E-state index in [4.69, 9.17) is 0 Å². The van der Waals surface area contributed by atoms with Crippen LogP contribution in [0.25, 0.3) is 0 Å². The summed E-state index contributed by atoms with van der Waals surface area (Å²) in [4.78, 5) is 0. The Balaban J connectivity index is 1.36. The second kappa shape index (κ2) is 6.85. The van der Waals surface area contributed by atoms with Crippen LogP contribution in [0.4, 0.5) is 0 Å². The topological polar surface area (TPSA) is 20.2 Å². The average molecular weight is 413 g/mol. The zero-order valence-electron chi connectivity index (χ0n) is 20.6. The summed E-state index contributed by atoms with van der Waals surface area (Å²) < 4.78 is 0. The van der Waals surface area contributed by atoms with Crippen LogP contribution in [0.5, 0.6) is 0 Å². The van der Waals surface area contributed by atoms with E-state index in [1.165, 1.54) is 69.8 Å². The van der Waals surface area contributed by atoms with Gasteiger partial charge in [0.25, 0.3) is 0 Å². The first-order valence-electron chi connectivity index (χ1n) is 13.4. The molecule has 1 nitrogen and oxygen atoms in total. The minimum atomic E-state index is -0.00225. The first-order chi connectivity index (χ1) is 14.1. The van der Waals surface area contributed by atoms with Gasteiger partial charge in [0.2, 0.25) is 0 Å². The second-order valence-corrected chi connectivity index (χ2v) is 13.5. The fourth-order valence-corrected chi connectivity index (χ4v) is 10.5. The Morgan fingerprint density at radius 1 is 0.933 bits per heavy atom. The van der Waals surface area contributed by atoms with Gasteiger partial charge < -0.3 is 5.11 Å². The van der Waals surface area contributed by atoms with Gasteiger partial charge in [0, 0.05) is 0 Å². The fourth-order valence-electron chi connectivity index (χ4n) is 10.5. The smallest absolute Gasteiger partial charge is 0.0543 e. The molecule has 0 amide bonds. The third kappa shape index (κ3) is 2.63. The standard InChI is InChI=1S/C29H48O/c1-19(2)20(3)7-8-21(4)24-12-13-27(6)25-10-9-22-17-23(30)11-14-28(22)18-29(25,28)16-15-26(24,27)5/h20-25,30H,1,7-18H2,2-6H3/t20-,21+,22-,23-,24+,25-,26+,27-,28+,29-/m0/s1. The first-order valence-corrected chi connectivity index (χ1v) is 13.4. The zero-order valence-corrected chi connectivity index (χ0v) is 20.6. The third-order valence-corrected chi connectivity index (χ3v) is 12.8. The number of rotatable bonds is 5. The molecule has 0 aliphatic heterocycles. The lowest BCUT2D eigenvalue weighted by Gasteiger charge is -2.61. The first kappa shape index (κ1) is 21.5. The van der Waals surface area contributed by atoms with E-state index in [0.717, 1.165) is 36.5 Å². The van der Waals surface area contributed by atoms with Gasteiger partial charge in [-0.1, -0.05) is 39.8 Å². The molecule has 0 heterocycles. The van der Waals surface area contributed by atoms with Crippen molar-refractivity contribution in [1.82, 2.24) is 0 Å². The van der Waals surface area contributed by atoms with Crippen molar-refractivity contribution in [3.8, 4) is 0 Å². The summed E-state index contributed by atoms with van der Waals surface area (Å²) in [5.74, 6) is 4.23. The molecule has 30 heavy (non-hydrogen) atoms. The van der Waals surface area contributed by atoms with E-state index < -0.39 is 0 Å². The van der Waals surface area contributed by atoms with Gasteiger partial charge in [0.1, 0.15) is 0 Å². The molecular formula is C29H48O. The highest BCUT2D eigenvalue weighted by atomic mass is 16.3. The van der Waals surface area contributed by atoms with Gasteiger partial charge in [-0.2, -0.15) is 0 Å². The van der Waals surface area contributed by atoms with Crippen LogP contribution in [-0.2, 0) is 0 Å². The van der Waals surface area contributed by atoms with Crippen LogP contribution in [0.1, 0.15) is 112 Å².